The highest BCUT2D eigenvalue weighted by Gasteiger charge is 2.13. The van der Waals surface area contributed by atoms with E-state index in [-0.39, 0.29) is 24.0 Å². The smallest absolute Gasteiger partial charge is 0.191 e. The van der Waals surface area contributed by atoms with Crippen molar-refractivity contribution >= 4 is 29.9 Å². The molecule has 8 heteroatoms. The second-order valence-corrected chi connectivity index (χ2v) is 6.37. The minimum Gasteiger partial charge on any atom is -0.361 e. The van der Waals surface area contributed by atoms with E-state index in [9.17, 15) is 0 Å². The molecular weight excluding hydrogens is 479 g/mol. The van der Waals surface area contributed by atoms with E-state index in [4.69, 9.17) is 9.52 Å². The molecular formula is C21H29IN6O. The first-order valence-corrected chi connectivity index (χ1v) is 9.83. The number of halogens is 1. The number of aliphatic imine (C=N–C) groups is 1. The van der Waals surface area contributed by atoms with E-state index in [0.29, 0.717) is 13.1 Å². The van der Waals surface area contributed by atoms with Gasteiger partial charge in [0, 0.05) is 24.7 Å². The molecule has 0 radical (unpaired) electrons. The van der Waals surface area contributed by atoms with E-state index >= 15 is 0 Å². The Hall–Kier alpha value is -2.36. The van der Waals surface area contributed by atoms with Crippen LogP contribution < -0.4 is 10.6 Å². The third-order valence-corrected chi connectivity index (χ3v) is 4.45. The normalized spacial score (nSPS) is 11.2. The number of hydrogen-bond acceptors (Lipinski definition) is 4. The fourth-order valence-corrected chi connectivity index (χ4v) is 2.97. The van der Waals surface area contributed by atoms with Crippen LogP contribution >= 0.6 is 24.0 Å². The number of benzene rings is 1. The molecule has 0 unspecified atom stereocenters. The van der Waals surface area contributed by atoms with Crippen molar-refractivity contribution in [2.45, 2.75) is 46.7 Å². The van der Waals surface area contributed by atoms with Crippen LogP contribution in [0.1, 0.15) is 43.5 Å². The molecule has 7 nitrogen and oxygen atoms in total. The molecule has 0 aliphatic heterocycles. The minimum atomic E-state index is 0. The lowest BCUT2D eigenvalue weighted by Gasteiger charge is -2.10. The van der Waals surface area contributed by atoms with Gasteiger partial charge in [0.1, 0.15) is 5.76 Å². The van der Waals surface area contributed by atoms with Crippen molar-refractivity contribution in [1.82, 2.24) is 25.6 Å². The van der Waals surface area contributed by atoms with E-state index in [1.165, 1.54) is 0 Å². The maximum absolute atomic E-state index is 5.43. The predicted molar refractivity (Wildman–Crippen MR) is 126 cm³/mol. The number of nitrogens with one attached hydrogen (secondary N) is 2. The first-order valence-electron chi connectivity index (χ1n) is 9.83. The molecule has 0 atom stereocenters. The molecule has 0 saturated carbocycles. The summed E-state index contributed by atoms with van der Waals surface area (Å²) in [4.78, 5) is 4.71. The van der Waals surface area contributed by atoms with Gasteiger partial charge in [0.05, 0.1) is 30.2 Å². The topological polar surface area (TPSA) is 80.3 Å². The largest absolute Gasteiger partial charge is 0.361 e. The van der Waals surface area contributed by atoms with Crippen molar-refractivity contribution in [2.24, 2.45) is 4.99 Å². The lowest BCUT2D eigenvalue weighted by molar-refractivity contribution is 0.380. The first-order chi connectivity index (χ1) is 13.7. The van der Waals surface area contributed by atoms with Gasteiger partial charge in [-0.15, -0.1) is 24.0 Å². The van der Waals surface area contributed by atoms with E-state index < -0.39 is 0 Å². The Morgan fingerprint density at radius 3 is 2.55 bits per heavy atom. The molecule has 29 heavy (non-hydrogen) atoms. The Balaban J connectivity index is 0.00000300. The quantitative estimate of drug-likeness (QED) is 0.275. The summed E-state index contributed by atoms with van der Waals surface area (Å²) in [6, 6.07) is 12.1. The molecule has 2 aromatic heterocycles. The number of para-hydroxylation sites is 1. The van der Waals surface area contributed by atoms with Gasteiger partial charge in [-0.1, -0.05) is 37.2 Å². The van der Waals surface area contributed by atoms with Crippen LogP contribution in [-0.2, 0) is 25.9 Å². The van der Waals surface area contributed by atoms with Crippen LogP contribution in [0.15, 0.2) is 52.1 Å². The molecule has 2 N–H and O–H groups in total. The third kappa shape index (κ3) is 6.06. The molecule has 0 spiro atoms. The summed E-state index contributed by atoms with van der Waals surface area (Å²) >= 11 is 0. The van der Waals surface area contributed by atoms with Gasteiger partial charge in [-0.2, -0.15) is 5.10 Å². The molecule has 2 heterocycles. The second kappa shape index (κ2) is 11.6. The third-order valence-electron chi connectivity index (χ3n) is 4.45. The number of guanidine groups is 1. The monoisotopic (exact) mass is 508 g/mol. The summed E-state index contributed by atoms with van der Waals surface area (Å²) in [7, 11) is 0. The van der Waals surface area contributed by atoms with E-state index in [0.717, 1.165) is 53.7 Å². The van der Waals surface area contributed by atoms with Crippen LogP contribution in [0.4, 0.5) is 0 Å². The fraction of sp³-hybridized carbons (Fsp3) is 0.381. The van der Waals surface area contributed by atoms with Gasteiger partial charge in [-0.25, -0.2) is 9.67 Å². The predicted octanol–water partition coefficient (Wildman–Crippen LogP) is 3.86. The van der Waals surface area contributed by atoms with Crippen LogP contribution in [0, 0.1) is 0 Å². The Morgan fingerprint density at radius 1 is 1.07 bits per heavy atom. The minimum absolute atomic E-state index is 0. The van der Waals surface area contributed by atoms with Crippen molar-refractivity contribution in [3.8, 4) is 5.69 Å². The van der Waals surface area contributed by atoms with Crippen molar-refractivity contribution < 1.29 is 4.52 Å². The van der Waals surface area contributed by atoms with Crippen LogP contribution in [0.2, 0.25) is 0 Å². The summed E-state index contributed by atoms with van der Waals surface area (Å²) in [5.41, 5.74) is 4.07. The fourth-order valence-electron chi connectivity index (χ4n) is 2.97. The molecule has 0 aliphatic carbocycles. The Kier molecular flexibility index (Phi) is 9.17. The number of aromatic nitrogens is 3. The highest BCUT2D eigenvalue weighted by Crippen LogP contribution is 2.16. The summed E-state index contributed by atoms with van der Waals surface area (Å²) in [5.74, 6) is 1.67. The van der Waals surface area contributed by atoms with Crippen LogP contribution in [-0.4, -0.2) is 27.4 Å². The van der Waals surface area contributed by atoms with Gasteiger partial charge in [0.2, 0.25) is 0 Å². The second-order valence-electron chi connectivity index (χ2n) is 6.37. The molecule has 0 bridgehead atoms. The molecule has 156 valence electrons. The van der Waals surface area contributed by atoms with Gasteiger partial charge < -0.3 is 15.2 Å². The summed E-state index contributed by atoms with van der Waals surface area (Å²) in [5, 5.41) is 15.4. The highest BCUT2D eigenvalue weighted by molar-refractivity contribution is 14.0. The van der Waals surface area contributed by atoms with Crippen molar-refractivity contribution in [3.05, 3.63) is 65.3 Å². The maximum Gasteiger partial charge on any atom is 0.191 e. The van der Waals surface area contributed by atoms with Gasteiger partial charge in [0.25, 0.3) is 0 Å². The number of rotatable bonds is 8. The van der Waals surface area contributed by atoms with Gasteiger partial charge in [-0.3, -0.25) is 0 Å². The Bertz CT molecular complexity index is 882. The molecule has 0 aliphatic rings. The SMILES string of the molecule is CCNC(=NCc1c(CC)noc1CC)NCc1ccn(-c2ccccc2)n1.I. The molecule has 1 aromatic carbocycles. The maximum atomic E-state index is 5.43. The molecule has 3 aromatic rings. The lowest BCUT2D eigenvalue weighted by Crippen LogP contribution is -2.37. The standard InChI is InChI=1S/C21H28N6O.HI/c1-4-19-18(20(5-2)28-26-19)15-24-21(22-6-3)23-14-16-12-13-27(25-16)17-10-8-7-9-11-17;/h7-13H,4-6,14-15H2,1-3H3,(H2,22,23,24);1H. The van der Waals surface area contributed by atoms with Crippen molar-refractivity contribution in [2.75, 3.05) is 6.54 Å². The molecule has 3 rings (SSSR count). The number of hydrogen-bond donors (Lipinski definition) is 2. The van der Waals surface area contributed by atoms with E-state index in [1.54, 1.807) is 0 Å². The molecule has 0 amide bonds. The summed E-state index contributed by atoms with van der Waals surface area (Å²) in [6.07, 6.45) is 3.63. The zero-order chi connectivity index (χ0) is 19.8. The van der Waals surface area contributed by atoms with Gasteiger partial charge in [-0.05, 0) is 31.5 Å². The molecule has 0 saturated heterocycles. The number of nitrogens with zero attached hydrogens (tertiary/aromatic N) is 4. The zero-order valence-electron chi connectivity index (χ0n) is 17.2. The average Bonchev–Trinajstić information content (AvgIpc) is 3.37. The highest BCUT2D eigenvalue weighted by atomic mass is 127. The van der Waals surface area contributed by atoms with E-state index in [1.807, 2.05) is 47.3 Å². The average molecular weight is 508 g/mol. The number of aryl methyl sites for hydroxylation is 2. The molecule has 0 fully saturated rings. The van der Waals surface area contributed by atoms with Crippen molar-refractivity contribution in [3.63, 3.8) is 0 Å². The van der Waals surface area contributed by atoms with Crippen LogP contribution in [0.5, 0.6) is 0 Å². The van der Waals surface area contributed by atoms with E-state index in [2.05, 4.69) is 41.7 Å². The Morgan fingerprint density at radius 2 is 1.86 bits per heavy atom. The van der Waals surface area contributed by atoms with Gasteiger partial charge >= 0.3 is 0 Å². The first kappa shape index (κ1) is 22.9. The van der Waals surface area contributed by atoms with Crippen LogP contribution in [0.25, 0.3) is 5.69 Å². The van der Waals surface area contributed by atoms with Gasteiger partial charge in [0.15, 0.2) is 5.96 Å². The zero-order valence-corrected chi connectivity index (χ0v) is 19.5. The lowest BCUT2D eigenvalue weighted by atomic mass is 10.1. The van der Waals surface area contributed by atoms with Crippen LogP contribution in [0.3, 0.4) is 0 Å². The summed E-state index contributed by atoms with van der Waals surface area (Å²) in [6.45, 7) is 8.13. The van der Waals surface area contributed by atoms with Crippen molar-refractivity contribution in [1.29, 1.82) is 0 Å². The Labute approximate surface area is 189 Å². The summed E-state index contributed by atoms with van der Waals surface area (Å²) < 4.78 is 7.30.